The van der Waals surface area contributed by atoms with Gasteiger partial charge in [-0.25, -0.2) is 4.98 Å². The van der Waals surface area contributed by atoms with Crippen molar-refractivity contribution in [2.24, 2.45) is 0 Å². The van der Waals surface area contributed by atoms with E-state index in [1.54, 1.807) is 31.2 Å². The molecular formula is C16H14N4O2. The highest BCUT2D eigenvalue weighted by atomic mass is 16.5. The molecule has 1 aromatic carbocycles. The average Bonchev–Trinajstić information content (AvgIpc) is 2.94. The van der Waals surface area contributed by atoms with Crippen molar-refractivity contribution in [2.45, 2.75) is 13.8 Å². The van der Waals surface area contributed by atoms with Crippen LogP contribution in [-0.4, -0.2) is 21.0 Å². The maximum atomic E-state index is 12.2. The molecule has 0 saturated carbocycles. The van der Waals surface area contributed by atoms with Gasteiger partial charge in [-0.15, -0.1) is 0 Å². The monoisotopic (exact) mass is 294 g/mol. The van der Waals surface area contributed by atoms with E-state index in [0.29, 0.717) is 23.1 Å². The van der Waals surface area contributed by atoms with Gasteiger partial charge in [0.1, 0.15) is 5.69 Å². The molecule has 2 aromatic heterocycles. The van der Waals surface area contributed by atoms with Crippen LogP contribution in [0.3, 0.4) is 0 Å². The molecule has 0 aliphatic heterocycles. The largest absolute Gasteiger partial charge is 0.339 e. The van der Waals surface area contributed by atoms with Gasteiger partial charge in [-0.05, 0) is 31.2 Å². The Labute approximate surface area is 127 Å². The number of nitrogens with one attached hydrogen (secondary N) is 1. The molecule has 6 nitrogen and oxygen atoms in total. The van der Waals surface area contributed by atoms with Gasteiger partial charge in [-0.3, -0.25) is 4.79 Å². The number of anilines is 1. The smallest absolute Gasteiger partial charge is 0.274 e. The molecule has 1 N–H and O–H groups in total. The highest BCUT2D eigenvalue weighted by Crippen LogP contribution is 2.20. The standard InChI is InChI=1S/C16H14N4O2/c1-10-5-3-8-14(17-10)16(21)19-13-7-4-6-12(9-13)15-18-11(2)22-20-15/h3-9H,1-2H3,(H,19,21). The van der Waals surface area contributed by atoms with Crippen molar-refractivity contribution in [3.63, 3.8) is 0 Å². The Hall–Kier alpha value is -3.02. The Morgan fingerprint density at radius 2 is 1.91 bits per heavy atom. The van der Waals surface area contributed by atoms with Crippen LogP contribution in [0.15, 0.2) is 47.0 Å². The quantitative estimate of drug-likeness (QED) is 0.803. The lowest BCUT2D eigenvalue weighted by Gasteiger charge is -2.06. The highest BCUT2D eigenvalue weighted by Gasteiger charge is 2.10. The van der Waals surface area contributed by atoms with Crippen LogP contribution in [-0.2, 0) is 0 Å². The Morgan fingerprint density at radius 3 is 2.64 bits per heavy atom. The minimum absolute atomic E-state index is 0.259. The van der Waals surface area contributed by atoms with Crippen LogP contribution >= 0.6 is 0 Å². The second-order valence-corrected chi connectivity index (χ2v) is 4.84. The van der Waals surface area contributed by atoms with Gasteiger partial charge in [0, 0.05) is 23.9 Å². The van der Waals surface area contributed by atoms with Gasteiger partial charge in [-0.2, -0.15) is 4.98 Å². The summed E-state index contributed by atoms with van der Waals surface area (Å²) in [6.45, 7) is 3.57. The van der Waals surface area contributed by atoms with Gasteiger partial charge in [0.25, 0.3) is 5.91 Å². The summed E-state index contributed by atoms with van der Waals surface area (Å²) < 4.78 is 4.96. The molecule has 1 amide bonds. The molecule has 0 atom stereocenters. The first-order valence-electron chi connectivity index (χ1n) is 6.77. The first-order chi connectivity index (χ1) is 10.6. The second-order valence-electron chi connectivity index (χ2n) is 4.84. The van der Waals surface area contributed by atoms with Crippen LogP contribution in [0.2, 0.25) is 0 Å². The van der Waals surface area contributed by atoms with E-state index in [9.17, 15) is 4.79 Å². The van der Waals surface area contributed by atoms with Crippen molar-refractivity contribution in [1.29, 1.82) is 0 Å². The number of carbonyl (C=O) groups is 1. The van der Waals surface area contributed by atoms with E-state index in [0.717, 1.165) is 11.3 Å². The first-order valence-corrected chi connectivity index (χ1v) is 6.77. The van der Waals surface area contributed by atoms with Crippen LogP contribution in [0.5, 0.6) is 0 Å². The molecule has 0 saturated heterocycles. The fraction of sp³-hybridized carbons (Fsp3) is 0.125. The Morgan fingerprint density at radius 1 is 1.09 bits per heavy atom. The molecule has 22 heavy (non-hydrogen) atoms. The first kappa shape index (κ1) is 13.9. The van der Waals surface area contributed by atoms with E-state index in [-0.39, 0.29) is 5.91 Å². The van der Waals surface area contributed by atoms with Crippen LogP contribution in [0.1, 0.15) is 22.1 Å². The van der Waals surface area contributed by atoms with E-state index >= 15 is 0 Å². The second kappa shape index (κ2) is 5.77. The summed E-state index contributed by atoms with van der Waals surface area (Å²) in [5.74, 6) is 0.723. The molecule has 0 radical (unpaired) electrons. The lowest BCUT2D eigenvalue weighted by Crippen LogP contribution is -2.13. The lowest BCUT2D eigenvalue weighted by molar-refractivity contribution is 0.102. The SMILES string of the molecule is Cc1cccc(C(=O)Nc2cccc(-c3noc(C)n3)c2)n1. The summed E-state index contributed by atoms with van der Waals surface area (Å²) in [5, 5.41) is 6.68. The topological polar surface area (TPSA) is 80.9 Å². The fourth-order valence-corrected chi connectivity index (χ4v) is 2.02. The Bertz CT molecular complexity index is 826. The molecule has 110 valence electrons. The Balaban J connectivity index is 1.82. The normalized spacial score (nSPS) is 10.5. The highest BCUT2D eigenvalue weighted by molar-refractivity contribution is 6.03. The van der Waals surface area contributed by atoms with Crippen LogP contribution in [0, 0.1) is 13.8 Å². The average molecular weight is 294 g/mol. The van der Waals surface area contributed by atoms with Crippen molar-refractivity contribution >= 4 is 11.6 Å². The summed E-state index contributed by atoms with van der Waals surface area (Å²) in [7, 11) is 0. The molecular weight excluding hydrogens is 280 g/mol. The molecule has 0 fully saturated rings. The van der Waals surface area contributed by atoms with Gasteiger partial charge in [0.2, 0.25) is 11.7 Å². The number of carbonyl (C=O) groups excluding carboxylic acids is 1. The third kappa shape index (κ3) is 3.01. The molecule has 0 aliphatic carbocycles. The zero-order valence-corrected chi connectivity index (χ0v) is 12.2. The molecule has 0 bridgehead atoms. The molecule has 2 heterocycles. The third-order valence-corrected chi connectivity index (χ3v) is 3.03. The lowest BCUT2D eigenvalue weighted by atomic mass is 10.2. The number of aromatic nitrogens is 3. The predicted octanol–water partition coefficient (Wildman–Crippen LogP) is 3.00. The zero-order valence-electron chi connectivity index (χ0n) is 12.2. The summed E-state index contributed by atoms with van der Waals surface area (Å²) in [4.78, 5) is 20.6. The van der Waals surface area contributed by atoms with E-state index in [4.69, 9.17) is 4.52 Å². The van der Waals surface area contributed by atoms with Crippen LogP contribution in [0.25, 0.3) is 11.4 Å². The van der Waals surface area contributed by atoms with Crippen molar-refractivity contribution in [2.75, 3.05) is 5.32 Å². The van der Waals surface area contributed by atoms with Gasteiger partial charge in [-0.1, -0.05) is 23.4 Å². The Kier molecular flexibility index (Phi) is 3.65. The molecule has 0 spiro atoms. The summed E-state index contributed by atoms with van der Waals surface area (Å²) >= 11 is 0. The van der Waals surface area contributed by atoms with E-state index < -0.39 is 0 Å². The number of benzene rings is 1. The molecule has 3 rings (SSSR count). The fourth-order valence-electron chi connectivity index (χ4n) is 2.02. The summed E-state index contributed by atoms with van der Waals surface area (Å²) in [6.07, 6.45) is 0. The number of aryl methyl sites for hydroxylation is 2. The summed E-state index contributed by atoms with van der Waals surface area (Å²) in [6, 6.07) is 12.6. The van der Waals surface area contributed by atoms with Gasteiger partial charge < -0.3 is 9.84 Å². The maximum Gasteiger partial charge on any atom is 0.274 e. The number of hydrogen-bond donors (Lipinski definition) is 1. The van der Waals surface area contributed by atoms with Crippen molar-refractivity contribution in [1.82, 2.24) is 15.1 Å². The maximum absolute atomic E-state index is 12.2. The molecule has 0 aliphatic rings. The number of amides is 1. The van der Waals surface area contributed by atoms with Gasteiger partial charge >= 0.3 is 0 Å². The van der Waals surface area contributed by atoms with E-state index in [1.807, 2.05) is 25.1 Å². The summed E-state index contributed by atoms with van der Waals surface area (Å²) in [5.41, 5.74) is 2.59. The molecule has 3 aromatic rings. The minimum atomic E-state index is -0.259. The number of hydrogen-bond acceptors (Lipinski definition) is 5. The van der Waals surface area contributed by atoms with Crippen molar-refractivity contribution < 1.29 is 9.32 Å². The van der Waals surface area contributed by atoms with Crippen molar-refractivity contribution in [3.05, 3.63) is 59.7 Å². The minimum Gasteiger partial charge on any atom is -0.339 e. The number of pyridine rings is 1. The number of rotatable bonds is 3. The predicted molar refractivity (Wildman–Crippen MR) is 81.4 cm³/mol. The molecule has 0 unspecified atom stereocenters. The van der Waals surface area contributed by atoms with E-state index in [2.05, 4.69) is 20.4 Å². The van der Waals surface area contributed by atoms with Gasteiger partial charge in [0.15, 0.2) is 0 Å². The van der Waals surface area contributed by atoms with Crippen LogP contribution in [0.4, 0.5) is 5.69 Å². The van der Waals surface area contributed by atoms with Crippen LogP contribution < -0.4 is 5.32 Å². The van der Waals surface area contributed by atoms with Crippen molar-refractivity contribution in [3.8, 4) is 11.4 Å². The van der Waals surface area contributed by atoms with E-state index in [1.165, 1.54) is 0 Å². The zero-order chi connectivity index (χ0) is 15.5. The third-order valence-electron chi connectivity index (χ3n) is 3.03. The number of nitrogens with zero attached hydrogens (tertiary/aromatic N) is 3. The molecule has 6 heteroatoms. The van der Waals surface area contributed by atoms with Gasteiger partial charge in [0.05, 0.1) is 0 Å².